The third-order valence-corrected chi connectivity index (χ3v) is 3.67. The number of hydrogen-bond acceptors (Lipinski definition) is 5. The van der Waals surface area contributed by atoms with Crippen LogP contribution in [0.15, 0.2) is 12.3 Å². The van der Waals surface area contributed by atoms with Gasteiger partial charge in [0.1, 0.15) is 0 Å². The zero-order valence-electron chi connectivity index (χ0n) is 11.3. The van der Waals surface area contributed by atoms with E-state index in [1.165, 1.54) is 0 Å². The van der Waals surface area contributed by atoms with Gasteiger partial charge in [-0.25, -0.2) is 4.98 Å². The Morgan fingerprint density at radius 1 is 1.33 bits per heavy atom. The van der Waals surface area contributed by atoms with Crippen LogP contribution < -0.4 is 4.74 Å². The number of rotatable bonds is 4. The van der Waals surface area contributed by atoms with E-state index in [-0.39, 0.29) is 5.60 Å². The predicted molar refractivity (Wildman–Crippen MR) is 68.5 cm³/mol. The lowest BCUT2D eigenvalue weighted by molar-refractivity contribution is -0.0442. The molecule has 18 heavy (non-hydrogen) atoms. The zero-order chi connectivity index (χ0) is 13.0. The summed E-state index contributed by atoms with van der Waals surface area (Å²) in [5.74, 6) is 0. The molecule has 2 heterocycles. The molecular formula is C13H21N3O2. The van der Waals surface area contributed by atoms with Crippen LogP contribution in [0.5, 0.6) is 6.01 Å². The van der Waals surface area contributed by atoms with Crippen LogP contribution in [0.2, 0.25) is 0 Å². The number of nitrogens with zero attached hydrogens (tertiary/aromatic N) is 3. The lowest BCUT2D eigenvalue weighted by Crippen LogP contribution is -2.43. The number of likely N-dealkylation sites (tertiary alicyclic amines) is 1. The first-order valence-electron chi connectivity index (χ1n) is 6.29. The highest BCUT2D eigenvalue weighted by Crippen LogP contribution is 2.25. The summed E-state index contributed by atoms with van der Waals surface area (Å²) in [6.07, 6.45) is 3.86. The molecule has 0 aromatic carbocycles. The predicted octanol–water partition coefficient (Wildman–Crippen LogP) is 1.49. The Balaban J connectivity index is 1.91. The third-order valence-electron chi connectivity index (χ3n) is 3.67. The van der Waals surface area contributed by atoms with Gasteiger partial charge in [0.05, 0.1) is 18.4 Å². The molecule has 0 saturated carbocycles. The van der Waals surface area contributed by atoms with Gasteiger partial charge < -0.3 is 9.47 Å². The molecule has 1 aromatic heterocycles. The van der Waals surface area contributed by atoms with Crippen molar-refractivity contribution in [3.05, 3.63) is 18.0 Å². The summed E-state index contributed by atoms with van der Waals surface area (Å²) in [6.45, 7) is 5.10. The summed E-state index contributed by atoms with van der Waals surface area (Å²) in [4.78, 5) is 10.7. The van der Waals surface area contributed by atoms with Gasteiger partial charge in [-0.15, -0.1) is 0 Å². The Kier molecular flexibility index (Phi) is 4.14. The van der Waals surface area contributed by atoms with E-state index < -0.39 is 0 Å². The fraction of sp³-hybridized carbons (Fsp3) is 0.692. The first-order chi connectivity index (χ1) is 8.65. The van der Waals surface area contributed by atoms with Crippen molar-refractivity contribution < 1.29 is 9.47 Å². The molecule has 0 unspecified atom stereocenters. The number of ether oxygens (including phenoxy) is 2. The van der Waals surface area contributed by atoms with Crippen LogP contribution in [0.1, 0.15) is 25.5 Å². The summed E-state index contributed by atoms with van der Waals surface area (Å²) >= 11 is 0. The van der Waals surface area contributed by atoms with Crippen LogP contribution in [0.25, 0.3) is 0 Å². The molecule has 0 aliphatic carbocycles. The van der Waals surface area contributed by atoms with E-state index in [0.717, 1.165) is 38.2 Å². The molecule has 0 radical (unpaired) electrons. The molecule has 5 heteroatoms. The van der Waals surface area contributed by atoms with Gasteiger partial charge in [0.15, 0.2) is 0 Å². The summed E-state index contributed by atoms with van der Waals surface area (Å²) in [7, 11) is 3.38. The highest BCUT2D eigenvalue weighted by atomic mass is 16.5. The molecule has 100 valence electrons. The molecule has 0 N–H and O–H groups in total. The van der Waals surface area contributed by atoms with Gasteiger partial charge in [0, 0.05) is 32.9 Å². The SMILES string of the molecule is COc1nccc(CN2CCC(C)(OC)CC2)n1. The van der Waals surface area contributed by atoms with Gasteiger partial charge >= 0.3 is 6.01 Å². The molecule has 0 atom stereocenters. The van der Waals surface area contributed by atoms with E-state index in [9.17, 15) is 0 Å². The van der Waals surface area contributed by atoms with E-state index in [1.807, 2.05) is 6.07 Å². The van der Waals surface area contributed by atoms with Crippen molar-refractivity contribution in [2.75, 3.05) is 27.3 Å². The summed E-state index contributed by atoms with van der Waals surface area (Å²) in [6, 6.07) is 2.37. The molecule has 0 bridgehead atoms. The first-order valence-corrected chi connectivity index (χ1v) is 6.29. The van der Waals surface area contributed by atoms with Gasteiger partial charge in [0.2, 0.25) is 0 Å². The highest BCUT2D eigenvalue weighted by molar-refractivity contribution is 5.05. The molecule has 1 fully saturated rings. The zero-order valence-corrected chi connectivity index (χ0v) is 11.3. The van der Waals surface area contributed by atoms with Gasteiger partial charge in [-0.1, -0.05) is 0 Å². The minimum atomic E-state index is 0.0415. The minimum absolute atomic E-state index is 0.0415. The van der Waals surface area contributed by atoms with Crippen molar-refractivity contribution in [3.8, 4) is 6.01 Å². The van der Waals surface area contributed by atoms with Crippen LogP contribution >= 0.6 is 0 Å². The average Bonchev–Trinajstić information content (AvgIpc) is 2.42. The first kappa shape index (κ1) is 13.2. The molecule has 1 aliphatic heterocycles. The Bertz CT molecular complexity index is 390. The molecule has 1 saturated heterocycles. The largest absolute Gasteiger partial charge is 0.467 e. The summed E-state index contributed by atoms with van der Waals surface area (Å²) in [5, 5.41) is 0. The van der Waals surface area contributed by atoms with Crippen LogP contribution in [0, 0.1) is 0 Å². The van der Waals surface area contributed by atoms with E-state index in [0.29, 0.717) is 6.01 Å². The molecule has 1 aliphatic rings. The highest BCUT2D eigenvalue weighted by Gasteiger charge is 2.29. The maximum atomic E-state index is 5.54. The van der Waals surface area contributed by atoms with Gasteiger partial charge in [-0.3, -0.25) is 4.90 Å². The molecule has 0 spiro atoms. The molecular weight excluding hydrogens is 230 g/mol. The van der Waals surface area contributed by atoms with Crippen molar-refractivity contribution in [1.82, 2.24) is 14.9 Å². The lowest BCUT2D eigenvalue weighted by Gasteiger charge is -2.38. The standard InChI is InChI=1S/C13H21N3O2/c1-13(18-3)5-8-16(9-6-13)10-11-4-7-14-12(15-11)17-2/h4,7H,5-6,8-10H2,1-3H3. The van der Waals surface area contributed by atoms with Crippen molar-refractivity contribution in [1.29, 1.82) is 0 Å². The van der Waals surface area contributed by atoms with Crippen LogP contribution in [0.3, 0.4) is 0 Å². The van der Waals surface area contributed by atoms with E-state index >= 15 is 0 Å². The Labute approximate surface area is 108 Å². The van der Waals surface area contributed by atoms with Crippen molar-refractivity contribution in [2.24, 2.45) is 0 Å². The van der Waals surface area contributed by atoms with Crippen molar-refractivity contribution in [3.63, 3.8) is 0 Å². The van der Waals surface area contributed by atoms with Gasteiger partial charge in [0.25, 0.3) is 0 Å². The van der Waals surface area contributed by atoms with Crippen LogP contribution in [0.4, 0.5) is 0 Å². The second-order valence-corrected chi connectivity index (χ2v) is 4.96. The second-order valence-electron chi connectivity index (χ2n) is 4.96. The smallest absolute Gasteiger partial charge is 0.316 e. The van der Waals surface area contributed by atoms with Crippen LogP contribution in [-0.2, 0) is 11.3 Å². The maximum Gasteiger partial charge on any atom is 0.316 e. The Hall–Kier alpha value is -1.20. The molecule has 0 amide bonds. The Morgan fingerprint density at radius 3 is 2.67 bits per heavy atom. The third kappa shape index (κ3) is 3.17. The molecule has 2 rings (SSSR count). The van der Waals surface area contributed by atoms with Crippen LogP contribution in [-0.4, -0.2) is 47.8 Å². The maximum absolute atomic E-state index is 5.54. The quantitative estimate of drug-likeness (QED) is 0.811. The van der Waals surface area contributed by atoms with Crippen molar-refractivity contribution in [2.45, 2.75) is 31.9 Å². The average molecular weight is 251 g/mol. The Morgan fingerprint density at radius 2 is 2.06 bits per heavy atom. The minimum Gasteiger partial charge on any atom is -0.467 e. The van der Waals surface area contributed by atoms with E-state index in [4.69, 9.17) is 9.47 Å². The summed E-state index contributed by atoms with van der Waals surface area (Å²) in [5.41, 5.74) is 1.04. The number of methoxy groups -OCH3 is 2. The van der Waals surface area contributed by atoms with E-state index in [1.54, 1.807) is 20.4 Å². The molecule has 1 aromatic rings. The second kappa shape index (κ2) is 5.63. The normalized spacial score (nSPS) is 19.7. The van der Waals surface area contributed by atoms with Crippen molar-refractivity contribution >= 4 is 0 Å². The van der Waals surface area contributed by atoms with Gasteiger partial charge in [-0.2, -0.15) is 4.98 Å². The lowest BCUT2D eigenvalue weighted by atomic mass is 9.93. The monoisotopic (exact) mass is 251 g/mol. The molecule has 5 nitrogen and oxygen atoms in total. The van der Waals surface area contributed by atoms with Gasteiger partial charge in [-0.05, 0) is 25.8 Å². The number of hydrogen-bond donors (Lipinski definition) is 0. The van der Waals surface area contributed by atoms with E-state index in [2.05, 4.69) is 21.8 Å². The summed E-state index contributed by atoms with van der Waals surface area (Å²) < 4.78 is 10.6. The number of piperidine rings is 1. The fourth-order valence-electron chi connectivity index (χ4n) is 2.18. The topological polar surface area (TPSA) is 47.5 Å². The fourth-order valence-corrected chi connectivity index (χ4v) is 2.18. The number of aromatic nitrogens is 2.